The summed E-state index contributed by atoms with van der Waals surface area (Å²) in [6.07, 6.45) is 0. The summed E-state index contributed by atoms with van der Waals surface area (Å²) < 4.78 is 5.34. The average molecular weight is 282 g/mol. The van der Waals surface area contributed by atoms with Crippen LogP contribution >= 0.6 is 0 Å². The Bertz CT molecular complexity index is 640. The first-order chi connectivity index (χ1) is 10.3. The van der Waals surface area contributed by atoms with Gasteiger partial charge >= 0.3 is 0 Å². The molecule has 4 rings (SSSR count). The van der Waals surface area contributed by atoms with E-state index in [4.69, 9.17) is 4.74 Å². The number of hydrogen-bond acceptors (Lipinski definition) is 4. The number of aliphatic hydroxyl groups excluding tert-OH is 1. The van der Waals surface area contributed by atoms with Crippen molar-refractivity contribution in [1.29, 1.82) is 0 Å². The zero-order chi connectivity index (χ0) is 14.4. The molecule has 2 aliphatic rings. The standard InChI is InChI=1S/C17H18N2O2/c1-21-15-3-5-17-14(7-15)9-19-11-18(17)8-13-6-12(10-20)2-4-16(13)19/h2-7,20H,8-11H2,1H3. The highest BCUT2D eigenvalue weighted by Gasteiger charge is 2.29. The molecule has 2 heterocycles. The zero-order valence-electron chi connectivity index (χ0n) is 12.0. The highest BCUT2D eigenvalue weighted by Crippen LogP contribution is 2.39. The number of ether oxygens (including phenoxy) is 1. The van der Waals surface area contributed by atoms with Gasteiger partial charge in [0.2, 0.25) is 0 Å². The molecule has 0 fully saturated rings. The summed E-state index contributed by atoms with van der Waals surface area (Å²) in [5, 5.41) is 9.32. The van der Waals surface area contributed by atoms with Gasteiger partial charge < -0.3 is 19.6 Å². The molecule has 0 aromatic heterocycles. The summed E-state index contributed by atoms with van der Waals surface area (Å²) in [4.78, 5) is 4.75. The number of rotatable bonds is 2. The molecule has 0 atom stereocenters. The van der Waals surface area contributed by atoms with Crippen LogP contribution in [0.1, 0.15) is 16.7 Å². The van der Waals surface area contributed by atoms with Crippen molar-refractivity contribution < 1.29 is 9.84 Å². The molecule has 2 bridgehead atoms. The second kappa shape index (κ2) is 4.67. The highest BCUT2D eigenvalue weighted by molar-refractivity contribution is 5.68. The zero-order valence-corrected chi connectivity index (χ0v) is 12.0. The fourth-order valence-electron chi connectivity index (χ4n) is 3.34. The Labute approximate surface area is 124 Å². The van der Waals surface area contributed by atoms with E-state index in [1.165, 1.54) is 22.5 Å². The second-order valence-electron chi connectivity index (χ2n) is 5.65. The minimum atomic E-state index is 0.0983. The largest absolute Gasteiger partial charge is 0.497 e. The Balaban J connectivity index is 1.76. The van der Waals surface area contributed by atoms with Crippen LogP contribution in [0.5, 0.6) is 5.75 Å². The van der Waals surface area contributed by atoms with Crippen LogP contribution in [0.4, 0.5) is 11.4 Å². The van der Waals surface area contributed by atoms with E-state index in [0.29, 0.717) is 0 Å². The lowest BCUT2D eigenvalue weighted by atomic mass is 10.00. The minimum absolute atomic E-state index is 0.0983. The Morgan fingerprint density at radius 2 is 1.67 bits per heavy atom. The van der Waals surface area contributed by atoms with Gasteiger partial charge in [0.15, 0.2) is 0 Å². The maximum absolute atomic E-state index is 9.32. The molecule has 0 radical (unpaired) electrons. The Kier molecular flexibility index (Phi) is 2.79. The lowest BCUT2D eigenvalue weighted by Crippen LogP contribution is -2.46. The van der Waals surface area contributed by atoms with E-state index >= 15 is 0 Å². The molecule has 108 valence electrons. The van der Waals surface area contributed by atoms with E-state index in [9.17, 15) is 5.11 Å². The van der Waals surface area contributed by atoms with Crippen LogP contribution < -0.4 is 14.5 Å². The smallest absolute Gasteiger partial charge is 0.119 e. The van der Waals surface area contributed by atoms with E-state index in [0.717, 1.165) is 31.1 Å². The monoisotopic (exact) mass is 282 g/mol. The van der Waals surface area contributed by atoms with Crippen LogP contribution in [0.25, 0.3) is 0 Å². The molecular formula is C17H18N2O2. The fraction of sp³-hybridized carbons (Fsp3) is 0.294. The predicted octanol–water partition coefficient (Wildman–Crippen LogP) is 2.49. The molecule has 0 unspecified atom stereocenters. The molecule has 2 aromatic rings. The van der Waals surface area contributed by atoms with Crippen LogP contribution in [0, 0.1) is 0 Å². The van der Waals surface area contributed by atoms with Crippen molar-refractivity contribution in [2.45, 2.75) is 19.7 Å². The van der Waals surface area contributed by atoms with Crippen molar-refractivity contribution >= 4 is 11.4 Å². The van der Waals surface area contributed by atoms with Crippen LogP contribution in [0.15, 0.2) is 36.4 Å². The van der Waals surface area contributed by atoms with E-state index in [1.54, 1.807) is 7.11 Å². The van der Waals surface area contributed by atoms with Crippen molar-refractivity contribution in [2.75, 3.05) is 23.6 Å². The van der Waals surface area contributed by atoms with Crippen molar-refractivity contribution in [1.82, 2.24) is 0 Å². The highest BCUT2D eigenvalue weighted by atomic mass is 16.5. The Morgan fingerprint density at radius 1 is 1.00 bits per heavy atom. The third-order valence-electron chi connectivity index (χ3n) is 4.36. The molecule has 0 spiro atoms. The topological polar surface area (TPSA) is 35.9 Å². The van der Waals surface area contributed by atoms with Gasteiger partial charge in [-0.1, -0.05) is 6.07 Å². The molecule has 4 nitrogen and oxygen atoms in total. The molecule has 21 heavy (non-hydrogen) atoms. The summed E-state index contributed by atoms with van der Waals surface area (Å²) in [6.45, 7) is 2.80. The van der Waals surface area contributed by atoms with Crippen LogP contribution in [-0.4, -0.2) is 18.9 Å². The maximum atomic E-state index is 9.32. The van der Waals surface area contributed by atoms with Gasteiger partial charge in [-0.2, -0.15) is 0 Å². The SMILES string of the molecule is COc1ccc2c(c1)CN1CN2Cc2cc(CO)ccc21. The number of hydrogen-bond donors (Lipinski definition) is 1. The summed E-state index contributed by atoms with van der Waals surface area (Å²) >= 11 is 0. The van der Waals surface area contributed by atoms with Gasteiger partial charge in [-0.15, -0.1) is 0 Å². The number of aliphatic hydroxyl groups is 1. The molecule has 2 aliphatic heterocycles. The maximum Gasteiger partial charge on any atom is 0.119 e. The van der Waals surface area contributed by atoms with E-state index in [1.807, 2.05) is 12.1 Å². The predicted molar refractivity (Wildman–Crippen MR) is 82.6 cm³/mol. The fourth-order valence-corrected chi connectivity index (χ4v) is 3.34. The third kappa shape index (κ3) is 1.94. The Hall–Kier alpha value is -2.20. The molecular weight excluding hydrogens is 264 g/mol. The number of anilines is 2. The molecule has 0 amide bonds. The van der Waals surface area contributed by atoms with Gasteiger partial charge in [-0.3, -0.25) is 0 Å². The van der Waals surface area contributed by atoms with Crippen molar-refractivity contribution in [3.05, 3.63) is 53.1 Å². The minimum Gasteiger partial charge on any atom is -0.497 e. The molecule has 0 aliphatic carbocycles. The van der Waals surface area contributed by atoms with Crippen molar-refractivity contribution in [2.24, 2.45) is 0 Å². The normalized spacial score (nSPS) is 15.5. The van der Waals surface area contributed by atoms with Crippen LogP contribution in [0.3, 0.4) is 0 Å². The summed E-state index contributed by atoms with van der Waals surface area (Å²) in [6, 6.07) is 12.5. The second-order valence-corrected chi connectivity index (χ2v) is 5.65. The number of benzene rings is 2. The van der Waals surface area contributed by atoms with E-state index in [2.05, 4.69) is 34.1 Å². The van der Waals surface area contributed by atoms with Gasteiger partial charge in [0.05, 0.1) is 20.4 Å². The van der Waals surface area contributed by atoms with Gasteiger partial charge in [-0.05, 0) is 47.0 Å². The van der Waals surface area contributed by atoms with Crippen molar-refractivity contribution in [3.63, 3.8) is 0 Å². The first-order valence-electron chi connectivity index (χ1n) is 7.18. The van der Waals surface area contributed by atoms with Crippen LogP contribution in [-0.2, 0) is 19.7 Å². The summed E-state index contributed by atoms with van der Waals surface area (Å²) in [5.41, 5.74) is 6.13. The first kappa shape index (κ1) is 12.5. The lowest BCUT2D eigenvalue weighted by Gasteiger charge is -2.45. The van der Waals surface area contributed by atoms with Gasteiger partial charge in [0.1, 0.15) is 5.75 Å². The first-order valence-corrected chi connectivity index (χ1v) is 7.18. The van der Waals surface area contributed by atoms with Crippen LogP contribution in [0.2, 0.25) is 0 Å². The number of fused-ring (bicyclic) bond motifs is 6. The van der Waals surface area contributed by atoms with E-state index < -0.39 is 0 Å². The molecule has 0 saturated carbocycles. The quantitative estimate of drug-likeness (QED) is 0.918. The van der Waals surface area contributed by atoms with Gasteiger partial charge in [-0.25, -0.2) is 0 Å². The summed E-state index contributed by atoms with van der Waals surface area (Å²) in [7, 11) is 1.71. The van der Waals surface area contributed by atoms with Crippen molar-refractivity contribution in [3.8, 4) is 5.75 Å². The Morgan fingerprint density at radius 3 is 2.33 bits per heavy atom. The number of nitrogens with zero attached hydrogens (tertiary/aromatic N) is 2. The summed E-state index contributed by atoms with van der Waals surface area (Å²) in [5.74, 6) is 0.909. The third-order valence-corrected chi connectivity index (χ3v) is 4.36. The number of methoxy groups -OCH3 is 1. The van der Waals surface area contributed by atoms with Gasteiger partial charge in [0, 0.05) is 24.5 Å². The average Bonchev–Trinajstić information content (AvgIpc) is 2.53. The molecule has 2 aromatic carbocycles. The van der Waals surface area contributed by atoms with Gasteiger partial charge in [0.25, 0.3) is 0 Å². The molecule has 1 N–H and O–H groups in total. The molecule has 0 saturated heterocycles. The van der Waals surface area contributed by atoms with E-state index in [-0.39, 0.29) is 6.61 Å². The lowest BCUT2D eigenvalue weighted by molar-refractivity contribution is 0.281. The molecule has 4 heteroatoms.